The van der Waals surface area contributed by atoms with Gasteiger partial charge in [0.2, 0.25) is 0 Å². The fourth-order valence-electron chi connectivity index (χ4n) is 2.48. The maximum atomic E-state index is 11.2. The summed E-state index contributed by atoms with van der Waals surface area (Å²) in [6.45, 7) is 3.37. The number of hydrogen-bond donors (Lipinski definition) is 2. The van der Waals surface area contributed by atoms with Gasteiger partial charge >= 0.3 is 5.97 Å². The van der Waals surface area contributed by atoms with Crippen LogP contribution in [0.1, 0.15) is 31.2 Å². The minimum Gasteiger partial charge on any atom is -0.494 e. The number of carbonyl (C=O) groups is 1. The molecule has 1 heterocycles. The largest absolute Gasteiger partial charge is 0.494 e. The van der Waals surface area contributed by atoms with Crippen LogP contribution in [0.25, 0.3) is 0 Å². The van der Waals surface area contributed by atoms with Crippen LogP contribution >= 0.6 is 0 Å². The molecule has 1 saturated heterocycles. The highest BCUT2D eigenvalue weighted by molar-refractivity contribution is 5.75. The number of hydrogen-bond acceptors (Lipinski definition) is 3. The molecule has 0 aromatic heterocycles. The van der Waals surface area contributed by atoms with Gasteiger partial charge in [0.15, 0.2) is 0 Å². The van der Waals surface area contributed by atoms with E-state index in [9.17, 15) is 9.90 Å². The Hall–Kier alpha value is -1.55. The molecule has 0 radical (unpaired) electrons. The van der Waals surface area contributed by atoms with E-state index in [0.29, 0.717) is 6.61 Å². The van der Waals surface area contributed by atoms with E-state index in [2.05, 4.69) is 5.32 Å². The summed E-state index contributed by atoms with van der Waals surface area (Å²) in [5, 5.41) is 12.3. The zero-order chi connectivity index (χ0) is 13.0. The van der Waals surface area contributed by atoms with Gasteiger partial charge < -0.3 is 15.2 Å². The van der Waals surface area contributed by atoms with E-state index in [-0.39, 0.29) is 5.92 Å². The number of piperidine rings is 1. The lowest BCUT2D eigenvalue weighted by atomic mass is 9.85. The molecule has 1 aromatic rings. The van der Waals surface area contributed by atoms with Crippen LogP contribution in [0.2, 0.25) is 0 Å². The van der Waals surface area contributed by atoms with Crippen LogP contribution in [0.5, 0.6) is 5.75 Å². The molecule has 0 unspecified atom stereocenters. The van der Waals surface area contributed by atoms with Gasteiger partial charge in [0.05, 0.1) is 6.61 Å². The first kappa shape index (κ1) is 12.9. The Morgan fingerprint density at radius 2 is 2.17 bits per heavy atom. The molecular weight excluding hydrogens is 230 g/mol. The lowest BCUT2D eigenvalue weighted by Crippen LogP contribution is -2.45. The van der Waals surface area contributed by atoms with E-state index in [1.54, 1.807) is 0 Å². The minimum absolute atomic E-state index is 0.0481. The van der Waals surface area contributed by atoms with E-state index in [1.807, 2.05) is 31.2 Å². The van der Waals surface area contributed by atoms with Crippen molar-refractivity contribution >= 4 is 5.97 Å². The van der Waals surface area contributed by atoms with E-state index in [1.165, 1.54) is 0 Å². The summed E-state index contributed by atoms with van der Waals surface area (Å²) in [6, 6.07) is 7.28. The van der Waals surface area contributed by atoms with E-state index in [4.69, 9.17) is 4.74 Å². The molecule has 0 aliphatic carbocycles. The summed E-state index contributed by atoms with van der Waals surface area (Å²) in [4.78, 5) is 11.2. The third-order valence-corrected chi connectivity index (χ3v) is 3.34. The molecule has 1 fully saturated rings. The number of carboxylic acids is 1. The molecule has 2 atom stereocenters. The highest BCUT2D eigenvalue weighted by Gasteiger charge is 2.31. The predicted octanol–water partition coefficient (Wildman–Crippen LogP) is 2.01. The zero-order valence-corrected chi connectivity index (χ0v) is 10.6. The summed E-state index contributed by atoms with van der Waals surface area (Å²) in [5.74, 6) is 0.109. The van der Waals surface area contributed by atoms with Crippen LogP contribution < -0.4 is 10.1 Å². The van der Waals surface area contributed by atoms with Crippen LogP contribution in [0, 0.1) is 0 Å². The Labute approximate surface area is 107 Å². The maximum absolute atomic E-state index is 11.2. The Bertz CT molecular complexity index is 402. The van der Waals surface area contributed by atoms with Crippen LogP contribution in [-0.2, 0) is 4.79 Å². The molecule has 98 valence electrons. The number of rotatable bonds is 4. The Morgan fingerprint density at radius 1 is 1.44 bits per heavy atom. The average Bonchev–Trinajstić information content (AvgIpc) is 2.40. The summed E-state index contributed by atoms with van der Waals surface area (Å²) in [7, 11) is 0. The molecule has 2 N–H and O–H groups in total. The van der Waals surface area contributed by atoms with E-state index >= 15 is 0 Å². The molecule has 4 nitrogen and oxygen atoms in total. The quantitative estimate of drug-likeness (QED) is 0.857. The van der Waals surface area contributed by atoms with Crippen molar-refractivity contribution in [1.29, 1.82) is 0 Å². The van der Waals surface area contributed by atoms with Gasteiger partial charge in [-0.3, -0.25) is 4.79 Å². The normalized spacial score (nSPS) is 23.6. The summed E-state index contributed by atoms with van der Waals surface area (Å²) in [6.07, 6.45) is 1.93. The molecule has 2 rings (SSSR count). The van der Waals surface area contributed by atoms with Crippen molar-refractivity contribution in [2.75, 3.05) is 13.2 Å². The molecule has 1 aliphatic rings. The van der Waals surface area contributed by atoms with Crippen LogP contribution in [0.4, 0.5) is 0 Å². The third kappa shape index (κ3) is 2.82. The SMILES string of the molecule is CCOc1ccc([C@@H]2CCCN[C@H]2C(=O)O)cc1. The van der Waals surface area contributed by atoms with Crippen LogP contribution in [0.15, 0.2) is 24.3 Å². The molecule has 4 heteroatoms. The molecular formula is C14H19NO3. The minimum atomic E-state index is -0.770. The average molecular weight is 249 g/mol. The zero-order valence-electron chi connectivity index (χ0n) is 10.6. The predicted molar refractivity (Wildman–Crippen MR) is 69.0 cm³/mol. The number of carboxylic acid groups (broad SMARTS) is 1. The molecule has 1 aliphatic heterocycles. The molecule has 1 aromatic carbocycles. The molecule has 18 heavy (non-hydrogen) atoms. The van der Waals surface area contributed by atoms with E-state index < -0.39 is 12.0 Å². The van der Waals surface area contributed by atoms with E-state index in [0.717, 1.165) is 30.7 Å². The summed E-state index contributed by atoms with van der Waals surface area (Å²) >= 11 is 0. The fraction of sp³-hybridized carbons (Fsp3) is 0.500. The highest BCUT2D eigenvalue weighted by Crippen LogP contribution is 2.29. The number of aliphatic carboxylic acids is 1. The van der Waals surface area contributed by atoms with Gasteiger partial charge in [-0.2, -0.15) is 0 Å². The van der Waals surface area contributed by atoms with Gasteiger partial charge in [-0.05, 0) is 44.0 Å². The summed E-state index contributed by atoms with van der Waals surface area (Å²) in [5.41, 5.74) is 1.07. The fourth-order valence-corrected chi connectivity index (χ4v) is 2.48. The topological polar surface area (TPSA) is 58.6 Å². The summed E-state index contributed by atoms with van der Waals surface area (Å²) < 4.78 is 5.39. The van der Waals surface area contributed by atoms with Gasteiger partial charge in [0, 0.05) is 5.92 Å². The first-order valence-corrected chi connectivity index (χ1v) is 6.41. The number of benzene rings is 1. The monoisotopic (exact) mass is 249 g/mol. The van der Waals surface area contributed by atoms with Gasteiger partial charge in [-0.1, -0.05) is 12.1 Å². The van der Waals surface area contributed by atoms with Gasteiger partial charge in [0.1, 0.15) is 11.8 Å². The smallest absolute Gasteiger partial charge is 0.321 e. The van der Waals surface area contributed by atoms with Crippen LogP contribution in [-0.4, -0.2) is 30.3 Å². The van der Waals surface area contributed by atoms with Crippen molar-refractivity contribution < 1.29 is 14.6 Å². The van der Waals surface area contributed by atoms with Crippen molar-refractivity contribution in [3.05, 3.63) is 29.8 Å². The standard InChI is InChI=1S/C14H19NO3/c1-2-18-11-7-5-10(6-8-11)12-4-3-9-15-13(12)14(16)17/h5-8,12-13,15H,2-4,9H2,1H3,(H,16,17)/t12-,13+/m0/s1. The first-order valence-electron chi connectivity index (χ1n) is 6.41. The Kier molecular flexibility index (Phi) is 4.20. The molecule has 0 saturated carbocycles. The molecule has 0 bridgehead atoms. The van der Waals surface area contributed by atoms with Crippen molar-refractivity contribution in [2.24, 2.45) is 0 Å². The molecule has 0 amide bonds. The lowest BCUT2D eigenvalue weighted by Gasteiger charge is -2.30. The van der Waals surface area contributed by atoms with Gasteiger partial charge in [0.25, 0.3) is 0 Å². The van der Waals surface area contributed by atoms with Crippen molar-refractivity contribution in [1.82, 2.24) is 5.32 Å². The Morgan fingerprint density at radius 3 is 2.78 bits per heavy atom. The van der Waals surface area contributed by atoms with Crippen molar-refractivity contribution in [3.63, 3.8) is 0 Å². The van der Waals surface area contributed by atoms with Crippen molar-refractivity contribution in [2.45, 2.75) is 31.7 Å². The lowest BCUT2D eigenvalue weighted by molar-refractivity contribution is -0.140. The Balaban J connectivity index is 2.15. The number of nitrogens with one attached hydrogen (secondary N) is 1. The van der Waals surface area contributed by atoms with Crippen molar-refractivity contribution in [3.8, 4) is 5.75 Å². The molecule has 0 spiro atoms. The number of ether oxygens (including phenoxy) is 1. The second-order valence-corrected chi connectivity index (χ2v) is 4.52. The second-order valence-electron chi connectivity index (χ2n) is 4.52. The second kappa shape index (κ2) is 5.87. The third-order valence-electron chi connectivity index (χ3n) is 3.34. The van der Waals surface area contributed by atoms with Gasteiger partial charge in [-0.25, -0.2) is 0 Å². The maximum Gasteiger partial charge on any atom is 0.321 e. The highest BCUT2D eigenvalue weighted by atomic mass is 16.5. The van der Waals surface area contributed by atoms with Gasteiger partial charge in [-0.15, -0.1) is 0 Å². The first-order chi connectivity index (χ1) is 8.72. The van der Waals surface area contributed by atoms with Crippen LogP contribution in [0.3, 0.4) is 0 Å².